The third-order valence-electron chi connectivity index (χ3n) is 6.47. The molecular weight excluding hydrogens is 482 g/mol. The number of nitrogens with one attached hydrogen (secondary N) is 3. The van der Waals surface area contributed by atoms with Crippen LogP contribution in [0, 0.1) is 0 Å². The van der Waals surface area contributed by atoms with E-state index in [2.05, 4.69) is 32.5 Å². The summed E-state index contributed by atoms with van der Waals surface area (Å²) in [4.78, 5) is 25.5. The Kier molecular flexibility index (Phi) is 7.27. The number of fused-ring (bicyclic) bond motifs is 1. The van der Waals surface area contributed by atoms with Crippen LogP contribution in [0.2, 0.25) is 0 Å². The lowest BCUT2D eigenvalue weighted by Gasteiger charge is -2.37. The SMILES string of the molecule is C=CC(=O)Nc1ccnc(-c2cccc3cnc(Nc4ccc([C@]5(CN)CNCCO5)cc4OC)nc23)c1. The van der Waals surface area contributed by atoms with Crippen LogP contribution in [0.1, 0.15) is 5.56 Å². The molecule has 0 unspecified atom stereocenters. The fourth-order valence-electron chi connectivity index (χ4n) is 4.46. The summed E-state index contributed by atoms with van der Waals surface area (Å²) >= 11 is 0. The Hall–Kier alpha value is -4.38. The van der Waals surface area contributed by atoms with Crippen LogP contribution in [0.4, 0.5) is 17.3 Å². The van der Waals surface area contributed by atoms with E-state index in [1.54, 1.807) is 31.6 Å². The Morgan fingerprint density at radius 1 is 1.26 bits per heavy atom. The number of benzene rings is 2. The molecule has 0 bridgehead atoms. The maximum Gasteiger partial charge on any atom is 0.247 e. The first kappa shape index (κ1) is 25.3. The zero-order chi connectivity index (χ0) is 26.5. The van der Waals surface area contributed by atoms with E-state index in [0.717, 1.165) is 23.1 Å². The van der Waals surface area contributed by atoms with Crippen LogP contribution in [0.25, 0.3) is 22.2 Å². The highest BCUT2D eigenvalue weighted by molar-refractivity contribution is 5.99. The number of carbonyl (C=O) groups is 1. The molecule has 38 heavy (non-hydrogen) atoms. The molecule has 0 aliphatic carbocycles. The number of anilines is 3. The Labute approximate surface area is 220 Å². The van der Waals surface area contributed by atoms with Gasteiger partial charge in [0.15, 0.2) is 0 Å². The molecule has 5 rings (SSSR count). The van der Waals surface area contributed by atoms with E-state index in [0.29, 0.717) is 54.0 Å². The average Bonchev–Trinajstić information content (AvgIpc) is 2.97. The Morgan fingerprint density at radius 3 is 2.92 bits per heavy atom. The van der Waals surface area contributed by atoms with Gasteiger partial charge in [-0.05, 0) is 35.9 Å². The summed E-state index contributed by atoms with van der Waals surface area (Å²) in [5.74, 6) is 0.725. The van der Waals surface area contributed by atoms with Gasteiger partial charge in [0.05, 0.1) is 30.6 Å². The van der Waals surface area contributed by atoms with Gasteiger partial charge < -0.3 is 31.2 Å². The van der Waals surface area contributed by atoms with E-state index in [1.807, 2.05) is 36.4 Å². The lowest BCUT2D eigenvalue weighted by atomic mass is 9.92. The topological polar surface area (TPSA) is 136 Å². The summed E-state index contributed by atoms with van der Waals surface area (Å²) in [6.45, 7) is 5.85. The number of ether oxygens (including phenoxy) is 2. The van der Waals surface area contributed by atoms with Gasteiger partial charge in [0.25, 0.3) is 0 Å². The molecule has 0 saturated carbocycles. The molecule has 1 aliphatic heterocycles. The van der Waals surface area contributed by atoms with Crippen molar-refractivity contribution in [3.8, 4) is 17.0 Å². The first-order valence-electron chi connectivity index (χ1n) is 12.2. The summed E-state index contributed by atoms with van der Waals surface area (Å²) < 4.78 is 11.8. The van der Waals surface area contributed by atoms with Crippen molar-refractivity contribution < 1.29 is 14.3 Å². The number of morpholine rings is 1. The molecule has 1 saturated heterocycles. The lowest BCUT2D eigenvalue weighted by Crippen LogP contribution is -2.51. The minimum Gasteiger partial charge on any atom is -0.495 e. The van der Waals surface area contributed by atoms with E-state index in [1.165, 1.54) is 6.08 Å². The van der Waals surface area contributed by atoms with E-state index in [-0.39, 0.29) is 5.91 Å². The predicted octanol–water partition coefficient (Wildman–Crippen LogP) is 3.34. The molecule has 3 heterocycles. The maximum atomic E-state index is 11.8. The zero-order valence-electron chi connectivity index (χ0n) is 21.0. The van der Waals surface area contributed by atoms with Crippen LogP contribution in [0.15, 0.2) is 73.6 Å². The van der Waals surface area contributed by atoms with Crippen LogP contribution in [0.5, 0.6) is 5.75 Å². The minimum atomic E-state index is -0.606. The number of para-hydroxylation sites is 1. The van der Waals surface area contributed by atoms with Crippen molar-refractivity contribution in [1.82, 2.24) is 20.3 Å². The highest BCUT2D eigenvalue weighted by Gasteiger charge is 2.34. The van der Waals surface area contributed by atoms with E-state index < -0.39 is 5.60 Å². The molecule has 2 aromatic carbocycles. The number of nitrogens with zero attached hydrogens (tertiary/aromatic N) is 3. The Bertz CT molecular complexity index is 1480. The molecule has 1 aliphatic rings. The second kappa shape index (κ2) is 10.9. The van der Waals surface area contributed by atoms with Crippen molar-refractivity contribution in [3.05, 3.63) is 79.1 Å². The van der Waals surface area contributed by atoms with E-state index in [4.69, 9.17) is 20.2 Å². The van der Waals surface area contributed by atoms with Crippen molar-refractivity contribution in [2.75, 3.05) is 44.0 Å². The fraction of sp³-hybridized carbons (Fsp3) is 0.214. The van der Waals surface area contributed by atoms with Gasteiger partial charge in [-0.1, -0.05) is 30.8 Å². The molecule has 194 valence electrons. The van der Waals surface area contributed by atoms with Gasteiger partial charge in [-0.3, -0.25) is 9.78 Å². The second-order valence-corrected chi connectivity index (χ2v) is 8.82. The van der Waals surface area contributed by atoms with Crippen molar-refractivity contribution in [2.24, 2.45) is 5.73 Å². The van der Waals surface area contributed by atoms with Crippen LogP contribution in [0.3, 0.4) is 0 Å². The highest BCUT2D eigenvalue weighted by Crippen LogP contribution is 2.35. The second-order valence-electron chi connectivity index (χ2n) is 8.82. The lowest BCUT2D eigenvalue weighted by molar-refractivity contribution is -0.111. The third-order valence-corrected chi connectivity index (χ3v) is 6.47. The molecule has 1 atom stereocenters. The average molecular weight is 512 g/mol. The molecule has 5 N–H and O–H groups in total. The van der Waals surface area contributed by atoms with Crippen LogP contribution < -0.4 is 26.4 Å². The third kappa shape index (κ3) is 5.05. The normalized spacial score (nSPS) is 17.1. The molecule has 0 spiro atoms. The Morgan fingerprint density at radius 2 is 2.16 bits per heavy atom. The number of amides is 1. The van der Waals surface area contributed by atoms with Gasteiger partial charge in [0, 0.05) is 48.7 Å². The van der Waals surface area contributed by atoms with Crippen LogP contribution in [-0.4, -0.2) is 54.2 Å². The molecule has 0 radical (unpaired) electrons. The monoisotopic (exact) mass is 511 g/mol. The number of nitrogens with two attached hydrogens (primary N) is 1. The van der Waals surface area contributed by atoms with Crippen molar-refractivity contribution in [2.45, 2.75) is 5.60 Å². The molecular formula is C28H29N7O3. The maximum absolute atomic E-state index is 11.8. The summed E-state index contributed by atoms with van der Waals surface area (Å²) in [7, 11) is 1.61. The largest absolute Gasteiger partial charge is 0.495 e. The predicted molar refractivity (Wildman–Crippen MR) is 147 cm³/mol. The number of hydrogen-bond donors (Lipinski definition) is 4. The highest BCUT2D eigenvalue weighted by atomic mass is 16.5. The van der Waals surface area contributed by atoms with Gasteiger partial charge in [0.1, 0.15) is 11.4 Å². The fourth-order valence-corrected chi connectivity index (χ4v) is 4.46. The number of rotatable bonds is 8. The van der Waals surface area contributed by atoms with Gasteiger partial charge in [-0.15, -0.1) is 0 Å². The molecule has 2 aromatic heterocycles. The summed E-state index contributed by atoms with van der Waals surface area (Å²) in [5, 5.41) is 10.2. The van der Waals surface area contributed by atoms with Gasteiger partial charge in [-0.25, -0.2) is 9.97 Å². The number of methoxy groups -OCH3 is 1. The smallest absolute Gasteiger partial charge is 0.247 e. The molecule has 10 heteroatoms. The quantitative estimate of drug-likeness (QED) is 0.263. The zero-order valence-corrected chi connectivity index (χ0v) is 21.0. The first-order chi connectivity index (χ1) is 18.5. The van der Waals surface area contributed by atoms with Gasteiger partial charge in [0.2, 0.25) is 11.9 Å². The van der Waals surface area contributed by atoms with Crippen molar-refractivity contribution in [1.29, 1.82) is 0 Å². The van der Waals surface area contributed by atoms with Crippen LogP contribution in [-0.2, 0) is 15.1 Å². The molecule has 4 aromatic rings. The first-order valence-corrected chi connectivity index (χ1v) is 12.2. The van der Waals surface area contributed by atoms with Crippen molar-refractivity contribution >= 4 is 34.1 Å². The number of hydrogen-bond acceptors (Lipinski definition) is 9. The Balaban J connectivity index is 1.48. The van der Waals surface area contributed by atoms with Crippen LogP contribution >= 0.6 is 0 Å². The molecule has 1 fully saturated rings. The number of carbonyl (C=O) groups excluding carboxylic acids is 1. The van der Waals surface area contributed by atoms with Crippen molar-refractivity contribution in [3.63, 3.8) is 0 Å². The summed E-state index contributed by atoms with van der Waals surface area (Å²) in [6, 6.07) is 15.1. The standard InChI is InChI=1S/C28H29N7O3/c1-3-25(36)33-20-9-10-31-23(14-20)21-6-4-5-18-15-32-27(35-26(18)21)34-22-8-7-19(13-24(22)37-2)28(16-29)17-30-11-12-38-28/h3-10,13-15,30H,1,11-12,16-17,29H2,2H3,(H,31,33,36)(H,32,34,35)/t28-/m0/s1. The number of aromatic nitrogens is 3. The van der Waals surface area contributed by atoms with Gasteiger partial charge >= 0.3 is 0 Å². The van der Waals surface area contributed by atoms with E-state index >= 15 is 0 Å². The van der Waals surface area contributed by atoms with Gasteiger partial charge in [-0.2, -0.15) is 0 Å². The molecule has 1 amide bonds. The van der Waals surface area contributed by atoms with E-state index in [9.17, 15) is 4.79 Å². The minimum absolute atomic E-state index is 0.294. The number of pyridine rings is 1. The summed E-state index contributed by atoms with van der Waals surface area (Å²) in [5.41, 5.74) is 9.93. The molecule has 10 nitrogen and oxygen atoms in total. The summed E-state index contributed by atoms with van der Waals surface area (Å²) in [6.07, 6.45) is 4.61.